The molecule has 4 heterocycles. The van der Waals surface area contributed by atoms with Gasteiger partial charge in [-0.3, -0.25) is 14.1 Å². The number of carbonyl (C=O) groups excluding carboxylic acids is 1. The van der Waals surface area contributed by atoms with Crippen molar-refractivity contribution < 1.29 is 4.79 Å². The fraction of sp³-hybridized carbons (Fsp3) is 0.588. The van der Waals surface area contributed by atoms with E-state index in [4.69, 9.17) is 0 Å². The Morgan fingerprint density at radius 2 is 2.04 bits per heavy atom. The van der Waals surface area contributed by atoms with Crippen LogP contribution in [-0.4, -0.2) is 62.0 Å². The van der Waals surface area contributed by atoms with Crippen molar-refractivity contribution in [1.82, 2.24) is 24.4 Å². The van der Waals surface area contributed by atoms with Gasteiger partial charge in [-0.05, 0) is 50.9 Å². The molecular weight excluding hydrogens is 290 g/mol. The molecule has 0 bridgehead atoms. The number of likely N-dealkylation sites (tertiary alicyclic amines) is 2. The van der Waals surface area contributed by atoms with Crippen LogP contribution >= 0.6 is 0 Å². The number of pyridine rings is 1. The lowest BCUT2D eigenvalue weighted by molar-refractivity contribution is 0.0649. The van der Waals surface area contributed by atoms with Gasteiger partial charge in [-0.1, -0.05) is 6.92 Å². The predicted molar refractivity (Wildman–Crippen MR) is 87.3 cm³/mol. The number of nitrogens with zero attached hydrogens (tertiary/aromatic N) is 5. The molecule has 6 nitrogen and oxygen atoms in total. The molecule has 4 rings (SSSR count). The molecule has 0 radical (unpaired) electrons. The van der Waals surface area contributed by atoms with E-state index < -0.39 is 0 Å². The number of hydrogen-bond acceptors (Lipinski definition) is 4. The number of fused-ring (bicyclic) bond motifs is 1. The van der Waals surface area contributed by atoms with Gasteiger partial charge in [-0.15, -0.1) is 10.2 Å². The van der Waals surface area contributed by atoms with Crippen LogP contribution in [0.1, 0.15) is 43.0 Å². The molecule has 0 N–H and O–H groups in total. The fourth-order valence-corrected chi connectivity index (χ4v) is 4.24. The van der Waals surface area contributed by atoms with E-state index in [0.717, 1.165) is 37.1 Å². The largest absolute Gasteiger partial charge is 0.334 e. The number of hydrogen-bond donors (Lipinski definition) is 0. The summed E-state index contributed by atoms with van der Waals surface area (Å²) in [6.45, 7) is 5.35. The van der Waals surface area contributed by atoms with Gasteiger partial charge in [0.25, 0.3) is 5.91 Å². The first kappa shape index (κ1) is 14.6. The number of aromatic nitrogens is 3. The van der Waals surface area contributed by atoms with E-state index >= 15 is 0 Å². The van der Waals surface area contributed by atoms with Crippen LogP contribution < -0.4 is 0 Å². The van der Waals surface area contributed by atoms with E-state index in [9.17, 15) is 4.79 Å². The molecule has 2 saturated heterocycles. The van der Waals surface area contributed by atoms with Gasteiger partial charge in [0.2, 0.25) is 0 Å². The third kappa shape index (κ3) is 2.51. The first-order chi connectivity index (χ1) is 11.3. The standard InChI is InChI=1S/C17H23N5O/c1-2-20-9-3-5-14(20)15-6-4-10-22(15)17(23)13-7-8-16-19-18-12-21(16)11-13/h7-8,11-12,14-15H,2-6,9-10H2,1H3/t14-,15+/m1/s1. The summed E-state index contributed by atoms with van der Waals surface area (Å²) >= 11 is 0. The number of carbonyl (C=O) groups is 1. The molecule has 23 heavy (non-hydrogen) atoms. The zero-order chi connectivity index (χ0) is 15.8. The molecule has 0 unspecified atom stereocenters. The molecule has 0 spiro atoms. The highest BCUT2D eigenvalue weighted by Gasteiger charge is 2.39. The Morgan fingerprint density at radius 3 is 2.91 bits per heavy atom. The summed E-state index contributed by atoms with van der Waals surface area (Å²) in [7, 11) is 0. The maximum Gasteiger partial charge on any atom is 0.255 e. The highest BCUT2D eigenvalue weighted by atomic mass is 16.2. The second kappa shape index (κ2) is 5.92. The number of amides is 1. The summed E-state index contributed by atoms with van der Waals surface area (Å²) in [6, 6.07) is 4.62. The third-order valence-corrected chi connectivity index (χ3v) is 5.36. The monoisotopic (exact) mass is 313 g/mol. The van der Waals surface area contributed by atoms with Gasteiger partial charge in [-0.25, -0.2) is 0 Å². The van der Waals surface area contributed by atoms with Crippen LogP contribution in [0.3, 0.4) is 0 Å². The molecular formula is C17H23N5O. The van der Waals surface area contributed by atoms with Crippen LogP contribution in [0.25, 0.3) is 5.65 Å². The molecule has 2 fully saturated rings. The predicted octanol–water partition coefficient (Wildman–Crippen LogP) is 1.82. The quantitative estimate of drug-likeness (QED) is 0.867. The van der Waals surface area contributed by atoms with Crippen molar-refractivity contribution in [3.05, 3.63) is 30.2 Å². The molecule has 2 aromatic rings. The van der Waals surface area contributed by atoms with E-state index in [1.807, 2.05) is 22.7 Å². The van der Waals surface area contributed by atoms with Gasteiger partial charge < -0.3 is 4.90 Å². The van der Waals surface area contributed by atoms with E-state index in [-0.39, 0.29) is 5.91 Å². The smallest absolute Gasteiger partial charge is 0.255 e. The van der Waals surface area contributed by atoms with Crippen LogP contribution in [0.15, 0.2) is 24.7 Å². The van der Waals surface area contributed by atoms with Gasteiger partial charge in [0.05, 0.1) is 5.56 Å². The molecule has 2 aliphatic rings. The second-order valence-electron chi connectivity index (χ2n) is 6.56. The molecule has 1 amide bonds. The molecule has 6 heteroatoms. The van der Waals surface area contributed by atoms with Crippen LogP contribution in [-0.2, 0) is 0 Å². The summed E-state index contributed by atoms with van der Waals surface area (Å²) in [5, 5.41) is 7.88. The minimum Gasteiger partial charge on any atom is -0.334 e. The first-order valence-corrected chi connectivity index (χ1v) is 8.62. The Bertz CT molecular complexity index is 712. The van der Waals surface area contributed by atoms with Crippen LogP contribution in [0, 0.1) is 0 Å². The van der Waals surface area contributed by atoms with Gasteiger partial charge in [0.15, 0.2) is 5.65 Å². The van der Waals surface area contributed by atoms with Crippen molar-refractivity contribution in [3.8, 4) is 0 Å². The van der Waals surface area contributed by atoms with E-state index in [2.05, 4.69) is 26.9 Å². The highest BCUT2D eigenvalue weighted by Crippen LogP contribution is 2.30. The minimum absolute atomic E-state index is 0.144. The Morgan fingerprint density at radius 1 is 1.22 bits per heavy atom. The van der Waals surface area contributed by atoms with Crippen molar-refractivity contribution in [3.63, 3.8) is 0 Å². The molecule has 0 saturated carbocycles. The summed E-state index contributed by atoms with van der Waals surface area (Å²) in [5.41, 5.74) is 1.50. The lowest BCUT2D eigenvalue weighted by Crippen LogP contribution is -2.48. The van der Waals surface area contributed by atoms with E-state index in [1.165, 1.54) is 19.4 Å². The molecule has 2 atom stereocenters. The average molecular weight is 313 g/mol. The Labute approximate surface area is 136 Å². The summed E-state index contributed by atoms with van der Waals surface area (Å²) in [5.74, 6) is 0.144. The molecule has 0 aliphatic carbocycles. The molecule has 0 aromatic carbocycles. The van der Waals surface area contributed by atoms with Crippen molar-refractivity contribution in [2.75, 3.05) is 19.6 Å². The summed E-state index contributed by atoms with van der Waals surface area (Å²) in [4.78, 5) is 17.7. The zero-order valence-electron chi connectivity index (χ0n) is 13.6. The number of rotatable bonds is 3. The summed E-state index contributed by atoms with van der Waals surface area (Å²) < 4.78 is 1.81. The van der Waals surface area contributed by atoms with Crippen molar-refractivity contribution in [2.24, 2.45) is 0 Å². The lowest BCUT2D eigenvalue weighted by atomic mass is 10.0. The fourth-order valence-electron chi connectivity index (χ4n) is 4.24. The molecule has 2 aliphatic heterocycles. The lowest BCUT2D eigenvalue weighted by Gasteiger charge is -2.34. The number of likely N-dealkylation sites (N-methyl/N-ethyl adjacent to an activating group) is 1. The Balaban J connectivity index is 1.59. The maximum atomic E-state index is 13.0. The summed E-state index contributed by atoms with van der Waals surface area (Å²) in [6.07, 6.45) is 8.19. The van der Waals surface area contributed by atoms with Gasteiger partial charge in [-0.2, -0.15) is 0 Å². The van der Waals surface area contributed by atoms with Crippen LogP contribution in [0.4, 0.5) is 0 Å². The highest BCUT2D eigenvalue weighted by molar-refractivity contribution is 5.94. The zero-order valence-corrected chi connectivity index (χ0v) is 13.6. The normalized spacial score (nSPS) is 25.5. The van der Waals surface area contributed by atoms with Crippen LogP contribution in [0.2, 0.25) is 0 Å². The third-order valence-electron chi connectivity index (χ3n) is 5.36. The Hall–Kier alpha value is -1.95. The van der Waals surface area contributed by atoms with E-state index in [0.29, 0.717) is 12.1 Å². The van der Waals surface area contributed by atoms with Crippen molar-refractivity contribution in [1.29, 1.82) is 0 Å². The minimum atomic E-state index is 0.144. The Kier molecular flexibility index (Phi) is 3.77. The molecule has 122 valence electrons. The van der Waals surface area contributed by atoms with Gasteiger partial charge in [0.1, 0.15) is 6.33 Å². The maximum absolute atomic E-state index is 13.0. The first-order valence-electron chi connectivity index (χ1n) is 8.62. The van der Waals surface area contributed by atoms with Crippen LogP contribution in [0.5, 0.6) is 0 Å². The molecule has 2 aromatic heterocycles. The second-order valence-corrected chi connectivity index (χ2v) is 6.56. The van der Waals surface area contributed by atoms with E-state index in [1.54, 1.807) is 6.33 Å². The SMILES string of the molecule is CCN1CCC[C@@H]1[C@@H]1CCCN1C(=O)c1ccc2nncn2c1. The topological polar surface area (TPSA) is 53.7 Å². The average Bonchev–Trinajstić information content (AvgIpc) is 3.30. The van der Waals surface area contributed by atoms with Crippen molar-refractivity contribution >= 4 is 11.6 Å². The van der Waals surface area contributed by atoms with Gasteiger partial charge in [0, 0.05) is 24.8 Å². The van der Waals surface area contributed by atoms with Crippen molar-refractivity contribution in [2.45, 2.75) is 44.7 Å². The van der Waals surface area contributed by atoms with Gasteiger partial charge >= 0.3 is 0 Å².